The third-order valence-corrected chi connectivity index (χ3v) is 2.46. The number of nitrogens with two attached hydrogens (primary N) is 1. The van der Waals surface area contributed by atoms with Gasteiger partial charge in [0.25, 0.3) is 0 Å². The van der Waals surface area contributed by atoms with Crippen molar-refractivity contribution in [2.24, 2.45) is 5.73 Å². The van der Waals surface area contributed by atoms with Crippen LogP contribution in [0, 0.1) is 0 Å². The molecule has 6 nitrogen and oxygen atoms in total. The Labute approximate surface area is 106 Å². The molecule has 0 bridgehead atoms. The van der Waals surface area contributed by atoms with Gasteiger partial charge in [0.15, 0.2) is 6.23 Å². The number of aliphatic hydroxyl groups is 1. The van der Waals surface area contributed by atoms with E-state index < -0.39 is 18.2 Å². The van der Waals surface area contributed by atoms with Crippen molar-refractivity contribution in [2.45, 2.75) is 12.3 Å². The lowest BCUT2D eigenvalue weighted by atomic mass is 10.1. The van der Waals surface area contributed by atoms with Crippen LogP contribution in [0.2, 0.25) is 0 Å². The van der Waals surface area contributed by atoms with Crippen LogP contribution >= 0.6 is 0 Å². The number of methoxy groups -OCH3 is 2. The summed E-state index contributed by atoms with van der Waals surface area (Å²) in [6.45, 7) is -0.162. The van der Waals surface area contributed by atoms with E-state index in [1.54, 1.807) is 24.3 Å². The standard InChI is InChI=1S/C12H18N2O4/c1-17-9-5-3-4-8(6-9)11(16)12(18-2)14-10(15)7-13/h3-6,11-12,16H,7,13H2,1-2H3,(H,14,15). The van der Waals surface area contributed by atoms with Crippen LogP contribution in [-0.4, -0.2) is 38.0 Å². The first-order valence-electron chi connectivity index (χ1n) is 5.46. The minimum Gasteiger partial charge on any atom is -0.497 e. The summed E-state index contributed by atoms with van der Waals surface area (Å²) in [6, 6.07) is 6.89. The second-order valence-electron chi connectivity index (χ2n) is 3.65. The van der Waals surface area contributed by atoms with Gasteiger partial charge in [-0.05, 0) is 17.7 Å². The molecule has 1 rings (SSSR count). The lowest BCUT2D eigenvalue weighted by Crippen LogP contribution is -2.43. The highest BCUT2D eigenvalue weighted by molar-refractivity contribution is 5.78. The summed E-state index contributed by atoms with van der Waals surface area (Å²) < 4.78 is 10.1. The third-order valence-electron chi connectivity index (χ3n) is 2.46. The van der Waals surface area contributed by atoms with Crippen LogP contribution in [0.25, 0.3) is 0 Å². The van der Waals surface area contributed by atoms with Gasteiger partial charge in [0.2, 0.25) is 5.91 Å². The topological polar surface area (TPSA) is 93.8 Å². The molecule has 2 unspecified atom stereocenters. The number of carbonyl (C=O) groups is 1. The highest BCUT2D eigenvalue weighted by atomic mass is 16.5. The summed E-state index contributed by atoms with van der Waals surface area (Å²) in [5.74, 6) is 0.218. The van der Waals surface area contributed by atoms with Crippen molar-refractivity contribution in [3.8, 4) is 5.75 Å². The molecule has 6 heteroatoms. The van der Waals surface area contributed by atoms with Crippen LogP contribution in [0.1, 0.15) is 11.7 Å². The van der Waals surface area contributed by atoms with E-state index in [9.17, 15) is 9.90 Å². The van der Waals surface area contributed by atoms with Crippen molar-refractivity contribution >= 4 is 5.91 Å². The Hall–Kier alpha value is -1.63. The van der Waals surface area contributed by atoms with Crippen LogP contribution in [0.3, 0.4) is 0 Å². The second-order valence-corrected chi connectivity index (χ2v) is 3.65. The normalized spacial score (nSPS) is 13.8. The lowest BCUT2D eigenvalue weighted by molar-refractivity contribution is -0.127. The van der Waals surface area contributed by atoms with Crippen LogP contribution in [-0.2, 0) is 9.53 Å². The van der Waals surface area contributed by atoms with E-state index in [1.807, 2.05) is 0 Å². The molecule has 1 aromatic rings. The molecular formula is C12H18N2O4. The molecule has 0 radical (unpaired) electrons. The molecule has 0 saturated carbocycles. The van der Waals surface area contributed by atoms with Gasteiger partial charge in [0.05, 0.1) is 13.7 Å². The molecule has 1 aromatic carbocycles. The van der Waals surface area contributed by atoms with Gasteiger partial charge >= 0.3 is 0 Å². The molecule has 2 atom stereocenters. The van der Waals surface area contributed by atoms with Gasteiger partial charge in [-0.3, -0.25) is 4.79 Å². The molecule has 4 N–H and O–H groups in total. The first kappa shape index (κ1) is 14.4. The number of nitrogens with one attached hydrogen (secondary N) is 1. The average molecular weight is 254 g/mol. The van der Waals surface area contributed by atoms with E-state index in [0.717, 1.165) is 0 Å². The summed E-state index contributed by atoms with van der Waals surface area (Å²) in [6.07, 6.45) is -1.85. The minimum absolute atomic E-state index is 0.162. The molecule has 18 heavy (non-hydrogen) atoms. The number of benzene rings is 1. The SMILES string of the molecule is COc1cccc(C(O)C(NC(=O)CN)OC)c1. The summed E-state index contributed by atoms with van der Waals surface area (Å²) in [7, 11) is 2.93. The molecular weight excluding hydrogens is 236 g/mol. The zero-order valence-electron chi connectivity index (χ0n) is 10.4. The Balaban J connectivity index is 2.81. The minimum atomic E-state index is -0.999. The summed E-state index contributed by atoms with van der Waals surface area (Å²) >= 11 is 0. The number of ether oxygens (including phenoxy) is 2. The van der Waals surface area contributed by atoms with Crippen molar-refractivity contribution in [3.63, 3.8) is 0 Å². The van der Waals surface area contributed by atoms with Crippen LogP contribution in [0.15, 0.2) is 24.3 Å². The smallest absolute Gasteiger partial charge is 0.235 e. The molecule has 0 aromatic heterocycles. The van der Waals surface area contributed by atoms with Crippen LogP contribution < -0.4 is 15.8 Å². The molecule has 0 aliphatic heterocycles. The summed E-state index contributed by atoms with van der Waals surface area (Å²) in [5, 5.41) is 12.6. The molecule has 0 saturated heterocycles. The first-order valence-corrected chi connectivity index (χ1v) is 5.46. The number of carbonyl (C=O) groups excluding carboxylic acids is 1. The van der Waals surface area contributed by atoms with Gasteiger partial charge in [-0.25, -0.2) is 0 Å². The fourth-order valence-electron chi connectivity index (χ4n) is 1.48. The molecule has 100 valence electrons. The molecule has 0 heterocycles. The summed E-state index contributed by atoms with van der Waals surface area (Å²) in [4.78, 5) is 11.2. The average Bonchev–Trinajstić information content (AvgIpc) is 2.43. The second kappa shape index (κ2) is 6.95. The number of rotatable bonds is 6. The predicted molar refractivity (Wildman–Crippen MR) is 65.9 cm³/mol. The number of hydrogen-bond donors (Lipinski definition) is 3. The highest BCUT2D eigenvalue weighted by Crippen LogP contribution is 2.21. The maximum Gasteiger partial charge on any atom is 0.235 e. The Morgan fingerprint density at radius 1 is 1.50 bits per heavy atom. The highest BCUT2D eigenvalue weighted by Gasteiger charge is 2.22. The molecule has 0 aliphatic rings. The molecule has 0 spiro atoms. The van der Waals surface area contributed by atoms with Crippen molar-refractivity contribution in [3.05, 3.63) is 29.8 Å². The van der Waals surface area contributed by atoms with Gasteiger partial charge in [-0.2, -0.15) is 0 Å². The van der Waals surface area contributed by atoms with Gasteiger partial charge < -0.3 is 25.6 Å². The van der Waals surface area contributed by atoms with E-state index in [4.69, 9.17) is 15.2 Å². The monoisotopic (exact) mass is 254 g/mol. The Morgan fingerprint density at radius 3 is 2.78 bits per heavy atom. The van der Waals surface area contributed by atoms with Crippen molar-refractivity contribution < 1.29 is 19.4 Å². The quantitative estimate of drug-likeness (QED) is 0.610. The number of aliphatic hydroxyl groups excluding tert-OH is 1. The first-order chi connectivity index (χ1) is 8.62. The fourth-order valence-corrected chi connectivity index (χ4v) is 1.48. The number of hydrogen-bond acceptors (Lipinski definition) is 5. The predicted octanol–water partition coefficient (Wildman–Crippen LogP) is -0.224. The van der Waals surface area contributed by atoms with E-state index >= 15 is 0 Å². The number of amides is 1. The molecule has 0 fully saturated rings. The zero-order chi connectivity index (χ0) is 13.5. The Morgan fingerprint density at radius 2 is 2.22 bits per heavy atom. The largest absolute Gasteiger partial charge is 0.497 e. The maximum atomic E-state index is 11.2. The maximum absolute atomic E-state index is 11.2. The van der Waals surface area contributed by atoms with Crippen LogP contribution in [0.4, 0.5) is 0 Å². The Bertz CT molecular complexity index is 397. The van der Waals surface area contributed by atoms with E-state index in [-0.39, 0.29) is 6.54 Å². The van der Waals surface area contributed by atoms with Crippen LogP contribution in [0.5, 0.6) is 5.75 Å². The van der Waals surface area contributed by atoms with Crippen molar-refractivity contribution in [1.29, 1.82) is 0 Å². The van der Waals surface area contributed by atoms with Gasteiger partial charge in [-0.15, -0.1) is 0 Å². The van der Waals surface area contributed by atoms with Gasteiger partial charge in [0, 0.05) is 7.11 Å². The lowest BCUT2D eigenvalue weighted by Gasteiger charge is -2.23. The summed E-state index contributed by atoms with van der Waals surface area (Å²) in [5.41, 5.74) is 5.77. The van der Waals surface area contributed by atoms with Gasteiger partial charge in [-0.1, -0.05) is 12.1 Å². The van der Waals surface area contributed by atoms with E-state index in [1.165, 1.54) is 14.2 Å². The Kier molecular flexibility index (Phi) is 5.57. The fraction of sp³-hybridized carbons (Fsp3) is 0.417. The van der Waals surface area contributed by atoms with E-state index in [2.05, 4.69) is 5.32 Å². The molecule has 1 amide bonds. The van der Waals surface area contributed by atoms with Crippen molar-refractivity contribution in [2.75, 3.05) is 20.8 Å². The van der Waals surface area contributed by atoms with Crippen molar-refractivity contribution in [1.82, 2.24) is 5.32 Å². The van der Waals surface area contributed by atoms with Gasteiger partial charge in [0.1, 0.15) is 11.9 Å². The third kappa shape index (κ3) is 3.69. The molecule has 0 aliphatic carbocycles. The zero-order valence-corrected chi connectivity index (χ0v) is 10.4. The van der Waals surface area contributed by atoms with E-state index in [0.29, 0.717) is 11.3 Å².